The highest BCUT2D eigenvalue weighted by molar-refractivity contribution is 7.93. The zero-order valence-corrected chi connectivity index (χ0v) is 18.5. The number of ether oxygens (including phenoxy) is 1. The summed E-state index contributed by atoms with van der Waals surface area (Å²) in [5.41, 5.74) is 7.02. The lowest BCUT2D eigenvalue weighted by Crippen LogP contribution is -2.44. The minimum absolute atomic E-state index is 0.113. The minimum atomic E-state index is -4.41. The molecule has 0 bridgehead atoms. The van der Waals surface area contributed by atoms with Crippen LogP contribution in [0.15, 0.2) is 40.3 Å². The van der Waals surface area contributed by atoms with Gasteiger partial charge in [-0.15, -0.1) is 5.10 Å². The number of hydrogen-bond acceptors (Lipinski definition) is 8. The maximum atomic E-state index is 13.6. The summed E-state index contributed by atoms with van der Waals surface area (Å²) >= 11 is 0. The molecule has 162 valence electrons. The van der Waals surface area contributed by atoms with Gasteiger partial charge in [-0.05, 0) is 38.5 Å². The van der Waals surface area contributed by atoms with E-state index in [-0.39, 0.29) is 29.0 Å². The molecular formula is C19H26N6O4S. The quantitative estimate of drug-likeness (QED) is 0.301. The Morgan fingerprint density at radius 3 is 2.33 bits per heavy atom. The molecule has 30 heavy (non-hydrogen) atoms. The first-order chi connectivity index (χ1) is 14.1. The first kappa shape index (κ1) is 23.1. The van der Waals surface area contributed by atoms with Crippen molar-refractivity contribution in [2.45, 2.75) is 32.1 Å². The number of nitrogens with zero attached hydrogens (tertiary/aromatic N) is 5. The number of hydrazone groups is 1. The van der Waals surface area contributed by atoms with Gasteiger partial charge >= 0.3 is 5.97 Å². The molecule has 0 saturated carbocycles. The fourth-order valence-electron chi connectivity index (χ4n) is 2.61. The van der Waals surface area contributed by atoms with E-state index >= 15 is 0 Å². The summed E-state index contributed by atoms with van der Waals surface area (Å²) in [6.07, 6.45) is 0.603. The van der Waals surface area contributed by atoms with Crippen LogP contribution < -0.4 is 10.0 Å². The second-order valence-corrected chi connectivity index (χ2v) is 8.41. The van der Waals surface area contributed by atoms with Crippen molar-refractivity contribution in [2.75, 3.05) is 25.0 Å². The number of guanidine groups is 1. The van der Waals surface area contributed by atoms with Crippen molar-refractivity contribution in [1.82, 2.24) is 15.0 Å². The van der Waals surface area contributed by atoms with Gasteiger partial charge in [-0.1, -0.05) is 19.1 Å². The normalized spacial score (nSPS) is 11.8. The van der Waals surface area contributed by atoms with Gasteiger partial charge in [-0.25, -0.2) is 23.2 Å². The van der Waals surface area contributed by atoms with Crippen LogP contribution in [0.4, 0.5) is 5.95 Å². The maximum absolute atomic E-state index is 13.6. The fourth-order valence-corrected chi connectivity index (χ4v) is 4.06. The number of esters is 1. The average molecular weight is 435 g/mol. The molecule has 0 atom stereocenters. The summed E-state index contributed by atoms with van der Waals surface area (Å²) in [6.45, 7) is 5.42. The molecule has 0 saturated heterocycles. The van der Waals surface area contributed by atoms with Gasteiger partial charge in [0.25, 0.3) is 10.0 Å². The molecular weight excluding hydrogens is 408 g/mol. The largest absolute Gasteiger partial charge is 0.462 e. The van der Waals surface area contributed by atoms with E-state index in [1.807, 2.05) is 6.92 Å². The van der Waals surface area contributed by atoms with E-state index in [0.717, 1.165) is 4.31 Å². The number of anilines is 1. The third kappa shape index (κ3) is 5.23. The summed E-state index contributed by atoms with van der Waals surface area (Å²) in [6, 6.07) is 7.44. The van der Waals surface area contributed by atoms with Crippen LogP contribution in [0.2, 0.25) is 0 Å². The Hall–Kier alpha value is -3.21. The number of hydrogen-bond donors (Lipinski definition) is 1. The van der Waals surface area contributed by atoms with Crippen LogP contribution >= 0.6 is 0 Å². The van der Waals surface area contributed by atoms with Crippen LogP contribution in [0.1, 0.15) is 35.1 Å². The Morgan fingerprint density at radius 2 is 1.77 bits per heavy atom. The van der Waals surface area contributed by atoms with Crippen molar-refractivity contribution in [3.8, 4) is 0 Å². The highest BCUT2D eigenvalue weighted by Gasteiger charge is 2.34. The summed E-state index contributed by atoms with van der Waals surface area (Å²) in [5.74, 6) is -1.30. The third-order valence-corrected chi connectivity index (χ3v) is 5.47. The van der Waals surface area contributed by atoms with Gasteiger partial charge in [0.05, 0.1) is 12.2 Å². The van der Waals surface area contributed by atoms with Crippen molar-refractivity contribution in [2.24, 2.45) is 10.8 Å². The number of aryl methyl sites for hydroxylation is 2. The van der Waals surface area contributed by atoms with Crippen molar-refractivity contribution in [3.05, 3.63) is 47.3 Å². The molecule has 1 heterocycles. The zero-order chi connectivity index (χ0) is 22.5. The van der Waals surface area contributed by atoms with Crippen LogP contribution in [0.25, 0.3) is 0 Å². The molecule has 0 spiro atoms. The molecule has 0 amide bonds. The molecule has 0 unspecified atom stereocenters. The van der Waals surface area contributed by atoms with E-state index in [4.69, 9.17) is 10.5 Å². The van der Waals surface area contributed by atoms with Gasteiger partial charge in [0.1, 0.15) is 4.90 Å². The lowest BCUT2D eigenvalue weighted by Gasteiger charge is -2.23. The Kier molecular flexibility index (Phi) is 7.33. The second-order valence-electron chi connectivity index (χ2n) is 6.66. The average Bonchev–Trinajstić information content (AvgIpc) is 2.64. The summed E-state index contributed by atoms with van der Waals surface area (Å²) in [4.78, 5) is 20.6. The van der Waals surface area contributed by atoms with E-state index in [2.05, 4.69) is 15.1 Å². The number of carbonyl (C=O) groups is 1. The number of benzene rings is 1. The number of rotatable bonds is 7. The number of sulfonamides is 1. The molecule has 0 aliphatic heterocycles. The molecule has 2 N–H and O–H groups in total. The van der Waals surface area contributed by atoms with E-state index in [0.29, 0.717) is 17.8 Å². The van der Waals surface area contributed by atoms with Crippen LogP contribution in [-0.4, -0.2) is 56.0 Å². The zero-order valence-electron chi connectivity index (χ0n) is 17.7. The molecule has 1 aromatic heterocycles. The Balaban J connectivity index is 2.71. The smallest absolute Gasteiger partial charge is 0.339 e. The Labute approximate surface area is 176 Å². The summed E-state index contributed by atoms with van der Waals surface area (Å²) in [7, 11) is -1.22. The molecule has 2 aromatic rings. The standard InChI is InChI=1S/C19H26N6O4S/c1-6-11-29-17(26)15-9-7-8-10-16(15)30(27,28)25(18(20)23-24(4)5)19-21-13(2)12-14(3)22-19/h7-10,12H,6,11H2,1-5H3,(H2,20,23). The van der Waals surface area contributed by atoms with Crippen LogP contribution in [0.5, 0.6) is 0 Å². The molecule has 0 fully saturated rings. The number of carbonyl (C=O) groups excluding carboxylic acids is 1. The van der Waals surface area contributed by atoms with E-state index in [1.165, 1.54) is 23.2 Å². The Morgan fingerprint density at radius 1 is 1.17 bits per heavy atom. The van der Waals surface area contributed by atoms with Crippen LogP contribution in [-0.2, 0) is 14.8 Å². The summed E-state index contributed by atoms with van der Waals surface area (Å²) < 4.78 is 33.1. The topological polar surface area (TPSA) is 131 Å². The second kappa shape index (κ2) is 9.53. The molecule has 11 heteroatoms. The monoisotopic (exact) mass is 434 g/mol. The minimum Gasteiger partial charge on any atom is -0.462 e. The van der Waals surface area contributed by atoms with E-state index < -0.39 is 16.0 Å². The van der Waals surface area contributed by atoms with Gasteiger partial charge < -0.3 is 10.5 Å². The molecule has 0 aliphatic rings. The predicted octanol–water partition coefficient (Wildman–Crippen LogP) is 1.65. The Bertz CT molecular complexity index is 1030. The lowest BCUT2D eigenvalue weighted by molar-refractivity contribution is 0.0500. The molecule has 0 aliphatic carbocycles. The maximum Gasteiger partial charge on any atom is 0.339 e. The summed E-state index contributed by atoms with van der Waals surface area (Å²) in [5, 5.41) is 5.36. The highest BCUT2D eigenvalue weighted by atomic mass is 32.2. The van der Waals surface area contributed by atoms with Crippen LogP contribution in [0, 0.1) is 13.8 Å². The lowest BCUT2D eigenvalue weighted by atomic mass is 10.2. The molecule has 2 rings (SSSR count). The number of aromatic nitrogens is 2. The predicted molar refractivity (Wildman–Crippen MR) is 113 cm³/mol. The molecule has 10 nitrogen and oxygen atoms in total. The van der Waals surface area contributed by atoms with Crippen molar-refractivity contribution >= 4 is 27.9 Å². The van der Waals surface area contributed by atoms with Crippen molar-refractivity contribution < 1.29 is 17.9 Å². The van der Waals surface area contributed by atoms with Gasteiger partial charge in [-0.2, -0.15) is 4.31 Å². The van der Waals surface area contributed by atoms with Gasteiger partial charge in [-0.3, -0.25) is 5.01 Å². The molecule has 1 aromatic carbocycles. The first-order valence-corrected chi connectivity index (χ1v) is 10.7. The molecule has 0 radical (unpaired) electrons. The SMILES string of the molecule is CCCOC(=O)c1ccccc1S(=O)(=O)N(C(N)=NN(C)C)c1nc(C)cc(C)n1. The van der Waals surface area contributed by atoms with Gasteiger partial charge in [0, 0.05) is 25.5 Å². The van der Waals surface area contributed by atoms with E-state index in [9.17, 15) is 13.2 Å². The fraction of sp³-hybridized carbons (Fsp3) is 0.368. The first-order valence-electron chi connectivity index (χ1n) is 9.23. The van der Waals surface area contributed by atoms with Gasteiger partial charge in [0.15, 0.2) is 0 Å². The number of nitrogens with two attached hydrogens (primary N) is 1. The van der Waals surface area contributed by atoms with Crippen molar-refractivity contribution in [1.29, 1.82) is 0 Å². The van der Waals surface area contributed by atoms with Crippen LogP contribution in [0.3, 0.4) is 0 Å². The van der Waals surface area contributed by atoms with E-state index in [1.54, 1.807) is 40.1 Å². The highest BCUT2D eigenvalue weighted by Crippen LogP contribution is 2.25. The van der Waals surface area contributed by atoms with Gasteiger partial charge in [0.2, 0.25) is 11.9 Å². The van der Waals surface area contributed by atoms with Crippen molar-refractivity contribution in [3.63, 3.8) is 0 Å². The third-order valence-electron chi connectivity index (χ3n) is 3.73.